The summed E-state index contributed by atoms with van der Waals surface area (Å²) in [4.78, 5) is 164. The van der Waals surface area contributed by atoms with Gasteiger partial charge in [-0.05, 0) is 32.6 Å². The first-order valence-electron chi connectivity index (χ1n) is 22.5. The van der Waals surface area contributed by atoms with Gasteiger partial charge in [-0.2, -0.15) is 0 Å². The van der Waals surface area contributed by atoms with Crippen LogP contribution in [0.2, 0.25) is 0 Å². The highest BCUT2D eigenvalue weighted by Gasteiger charge is 2.36. The second-order valence-corrected chi connectivity index (χ2v) is 16.2. The van der Waals surface area contributed by atoms with Crippen molar-refractivity contribution in [1.82, 2.24) is 63.4 Å². The quantitative estimate of drug-likeness (QED) is 0.0165. The maximum Gasteiger partial charge on any atom is 0.326 e. The third-order valence-corrected chi connectivity index (χ3v) is 10.3. The number of aliphatic carboxylic acids is 1. The molecule has 1 heterocycles. The van der Waals surface area contributed by atoms with E-state index in [0.29, 0.717) is 6.42 Å². The van der Waals surface area contributed by atoms with Crippen molar-refractivity contribution in [2.45, 2.75) is 93.5 Å². The van der Waals surface area contributed by atoms with Crippen LogP contribution in [0.15, 0.2) is 0 Å². The van der Waals surface area contributed by atoms with Crippen molar-refractivity contribution in [3.63, 3.8) is 0 Å². The van der Waals surface area contributed by atoms with Crippen LogP contribution < -0.4 is 75.7 Å². The largest absolute Gasteiger partial charge is 0.480 e. The van der Waals surface area contributed by atoms with E-state index in [0.717, 1.165) is 11.8 Å². The predicted octanol–water partition coefficient (Wildman–Crippen LogP) is -13.7. The lowest BCUT2D eigenvalue weighted by molar-refractivity contribution is -0.142. The fourth-order valence-electron chi connectivity index (χ4n) is 6.39. The van der Waals surface area contributed by atoms with E-state index in [1.807, 2.05) is 0 Å². The minimum atomic E-state index is -1.84. The number of carboxylic acids is 1. The number of aliphatic hydroxyl groups excluding tert-OH is 5. The van der Waals surface area contributed by atoms with Crippen LogP contribution in [-0.2, 0) is 62.3 Å². The Bertz CT molecular complexity index is 2050. The molecule has 1 saturated heterocycles. The van der Waals surface area contributed by atoms with Crippen molar-refractivity contribution < 1.29 is 93.0 Å². The molecule has 416 valence electrons. The summed E-state index contributed by atoms with van der Waals surface area (Å²) in [5, 5.41) is 88.6. The number of nitrogens with zero attached hydrogens (tertiary/aromatic N) is 1. The lowest BCUT2D eigenvalue weighted by atomic mass is 10.1. The van der Waals surface area contributed by atoms with Crippen LogP contribution in [0.25, 0.3) is 0 Å². The van der Waals surface area contributed by atoms with Gasteiger partial charge in [-0.15, -0.1) is 0 Å². The number of likely N-dealkylation sites (tertiary alicyclic amines) is 1. The fraction of sp³-hybridized carbons (Fsp3) is 0.641. The zero-order valence-electron chi connectivity index (χ0n) is 40.0. The lowest BCUT2D eigenvalue weighted by Gasteiger charge is -2.25. The van der Waals surface area contributed by atoms with Gasteiger partial charge in [0.25, 0.3) is 0 Å². The smallest absolute Gasteiger partial charge is 0.326 e. The van der Waals surface area contributed by atoms with Gasteiger partial charge in [0, 0.05) is 13.1 Å². The van der Waals surface area contributed by atoms with E-state index >= 15 is 0 Å². The predicted molar refractivity (Wildman–Crippen MR) is 247 cm³/mol. The summed E-state index contributed by atoms with van der Waals surface area (Å²) in [6, 6.07) is -12.7. The number of amides is 12. The van der Waals surface area contributed by atoms with E-state index in [1.54, 1.807) is 0 Å². The van der Waals surface area contributed by atoms with Gasteiger partial charge >= 0.3 is 5.97 Å². The van der Waals surface area contributed by atoms with E-state index in [4.69, 9.17) is 27.7 Å². The highest BCUT2D eigenvalue weighted by atomic mass is 16.4. The second-order valence-electron chi connectivity index (χ2n) is 16.2. The Labute approximate surface area is 420 Å². The number of aliphatic hydroxyl groups is 5. The lowest BCUT2D eigenvalue weighted by Crippen LogP contribution is -2.59. The summed E-state index contributed by atoms with van der Waals surface area (Å²) in [5.74, 6) is -14.4. The third-order valence-electron chi connectivity index (χ3n) is 10.3. The molecule has 0 bridgehead atoms. The number of carbonyl (C=O) groups excluding carboxylic acids is 12. The summed E-state index contributed by atoms with van der Waals surface area (Å²) in [7, 11) is 0. The highest BCUT2D eigenvalue weighted by molar-refractivity contribution is 5.98. The molecular weight excluding hydrogens is 997 g/mol. The van der Waals surface area contributed by atoms with Crippen molar-refractivity contribution in [2.75, 3.05) is 65.7 Å². The fourth-order valence-corrected chi connectivity index (χ4v) is 6.39. The molecule has 24 N–H and O–H groups in total. The third kappa shape index (κ3) is 23.1. The van der Waals surface area contributed by atoms with Gasteiger partial charge in [0.05, 0.1) is 65.1 Å². The molecule has 0 spiro atoms. The van der Waals surface area contributed by atoms with Crippen molar-refractivity contribution in [2.24, 2.45) is 17.2 Å². The van der Waals surface area contributed by atoms with Gasteiger partial charge in [0.1, 0.15) is 48.3 Å². The van der Waals surface area contributed by atoms with Crippen LogP contribution in [0, 0.1) is 5.41 Å². The molecule has 35 heteroatoms. The number of primary amides is 1. The number of carboxylic acid groups (broad SMARTS) is 1. The van der Waals surface area contributed by atoms with Crippen molar-refractivity contribution in [1.29, 1.82) is 5.41 Å². The van der Waals surface area contributed by atoms with Crippen LogP contribution in [-0.4, -0.2) is 238 Å². The molecule has 1 rings (SSSR count). The molecule has 1 aliphatic rings. The summed E-state index contributed by atoms with van der Waals surface area (Å²) < 4.78 is 0. The second kappa shape index (κ2) is 33.0. The zero-order valence-corrected chi connectivity index (χ0v) is 40.0. The Hall–Kier alpha value is -7.86. The van der Waals surface area contributed by atoms with E-state index in [9.17, 15) is 87.9 Å². The van der Waals surface area contributed by atoms with Crippen LogP contribution >= 0.6 is 0 Å². The van der Waals surface area contributed by atoms with Crippen LogP contribution in [0.3, 0.4) is 0 Å². The summed E-state index contributed by atoms with van der Waals surface area (Å²) in [6.07, 6.45) is -2.11. The van der Waals surface area contributed by atoms with Gasteiger partial charge in [0.15, 0.2) is 5.96 Å². The summed E-state index contributed by atoms with van der Waals surface area (Å²) >= 11 is 0. The zero-order chi connectivity index (χ0) is 56.2. The Morgan fingerprint density at radius 2 is 1.07 bits per heavy atom. The molecule has 0 saturated carbocycles. The minimum Gasteiger partial charge on any atom is -0.480 e. The summed E-state index contributed by atoms with van der Waals surface area (Å²) in [5.41, 5.74) is 15.7. The average Bonchev–Trinajstić information content (AvgIpc) is 3.85. The van der Waals surface area contributed by atoms with E-state index in [-0.39, 0.29) is 38.3 Å². The van der Waals surface area contributed by atoms with Crippen molar-refractivity contribution in [3.05, 3.63) is 0 Å². The van der Waals surface area contributed by atoms with Crippen molar-refractivity contribution in [3.8, 4) is 0 Å². The number of rotatable bonds is 33. The Morgan fingerprint density at radius 1 is 0.595 bits per heavy atom. The van der Waals surface area contributed by atoms with Gasteiger partial charge in [-0.3, -0.25) is 62.9 Å². The molecular formula is C39H66N16O19. The molecule has 0 aromatic heterocycles. The molecule has 0 aromatic carbocycles. The van der Waals surface area contributed by atoms with Crippen LogP contribution in [0.4, 0.5) is 0 Å². The molecule has 0 unspecified atom stereocenters. The Kier molecular flexibility index (Phi) is 28.6. The van der Waals surface area contributed by atoms with Gasteiger partial charge in [-0.1, -0.05) is 0 Å². The molecule has 9 atom stereocenters. The first-order chi connectivity index (χ1) is 34.8. The molecule has 1 fully saturated rings. The standard InChI is InChI=1S/C39H66N16O19/c1-17(60)30(37(72)47-11-26(62)49-20(8-25(41)61)33(68)52-19(38(73)74)4-2-6-44-39(42)43)54-35(70)23(16-59)51-28(64)10-46-36(71)24-5-3-7-55(24)29(65)12-48-32(67)21(14-57)53-34(69)22(15-58)50-27(63)9-45-31(66)18(40)13-56/h17-24,30,56-60H,2-16,40H2,1H3,(H2,41,61)(H,45,66)(H,46,71)(H,47,72)(H,48,67)(H,49,62)(H,50,63)(H,51,64)(H,52,68)(H,53,69)(H,54,70)(H,73,74)(H4,42,43,44)/t17-,18+,19+,20+,21+,22+,23+,24+,30+/m1/s1. The van der Waals surface area contributed by atoms with Gasteiger partial charge < -0.3 is 111 Å². The number of guanidine groups is 1. The molecule has 0 radical (unpaired) electrons. The topological polar surface area (TPSA) is 581 Å². The average molecular weight is 1060 g/mol. The number of carbonyl (C=O) groups is 13. The first-order valence-corrected chi connectivity index (χ1v) is 22.5. The SMILES string of the molecule is C[C@@H](O)[C@H](NC(=O)[C@H](CO)NC(=O)CNC(=O)[C@@H]1CCCN1C(=O)CNC(=O)[C@H](CO)NC(=O)[C@H](CO)NC(=O)CNC(=O)[C@@H](N)CO)C(=O)NCC(=O)N[C@@H](CC(N)=O)C(=O)N[C@@H](CCCNC(=N)N)C(=O)O. The number of hydrogen-bond acceptors (Lipinski definition) is 20. The number of nitrogens with one attached hydrogen (secondary N) is 12. The van der Waals surface area contributed by atoms with E-state index < -0.39 is 190 Å². The maximum absolute atomic E-state index is 13.1. The number of nitrogens with two attached hydrogens (primary N) is 3. The van der Waals surface area contributed by atoms with E-state index in [2.05, 4.69) is 58.5 Å². The molecule has 1 aliphatic heterocycles. The molecule has 35 nitrogen and oxygen atoms in total. The molecule has 0 aromatic rings. The first kappa shape index (κ1) is 64.2. The number of hydrogen-bond donors (Lipinski definition) is 21. The van der Waals surface area contributed by atoms with Crippen LogP contribution in [0.1, 0.15) is 39.0 Å². The van der Waals surface area contributed by atoms with Gasteiger partial charge in [-0.25, -0.2) is 4.79 Å². The molecule has 74 heavy (non-hydrogen) atoms. The van der Waals surface area contributed by atoms with Crippen molar-refractivity contribution >= 4 is 82.8 Å². The molecule has 12 amide bonds. The highest BCUT2D eigenvalue weighted by Crippen LogP contribution is 2.17. The Morgan fingerprint density at radius 3 is 1.57 bits per heavy atom. The summed E-state index contributed by atoms with van der Waals surface area (Å²) in [6.45, 7) is -5.86. The maximum atomic E-state index is 13.1. The normalized spacial score (nSPS) is 16.0. The van der Waals surface area contributed by atoms with Gasteiger partial charge in [0.2, 0.25) is 70.9 Å². The monoisotopic (exact) mass is 1060 g/mol. The Balaban J connectivity index is 2.77. The van der Waals surface area contributed by atoms with Crippen LogP contribution in [0.5, 0.6) is 0 Å². The van der Waals surface area contributed by atoms with E-state index in [1.165, 1.54) is 0 Å². The molecule has 0 aliphatic carbocycles. The minimum absolute atomic E-state index is 0.0185.